The number of rotatable bonds is 3. The molecule has 1 aromatic carbocycles. The van der Waals surface area contributed by atoms with Gasteiger partial charge in [-0.15, -0.1) is 0 Å². The number of carbonyl (C=O) groups excluding carboxylic acids is 1. The molecule has 0 saturated carbocycles. The highest BCUT2D eigenvalue weighted by Crippen LogP contribution is 2.27. The summed E-state index contributed by atoms with van der Waals surface area (Å²) >= 11 is 0. The van der Waals surface area contributed by atoms with Crippen molar-refractivity contribution in [1.29, 1.82) is 0 Å². The molecule has 1 atom stereocenters. The highest BCUT2D eigenvalue weighted by atomic mass is 16.5. The van der Waals surface area contributed by atoms with Crippen molar-refractivity contribution >= 4 is 5.91 Å². The number of ether oxygens (including phenoxy) is 1. The molecule has 0 N–H and O–H groups in total. The standard InChI is InChI=1S/C18H21N3O2/c1-13-5-3-7-16(9-13)23-18-11-19-10-17(20-18)15-6-4-8-21(12-15)14(2)22/h3,5,7,9-11,15H,4,6,8,12H2,1-2H3. The molecule has 0 spiro atoms. The van der Waals surface area contributed by atoms with Crippen molar-refractivity contribution < 1.29 is 9.53 Å². The van der Waals surface area contributed by atoms with Crippen molar-refractivity contribution in [3.05, 3.63) is 47.9 Å². The summed E-state index contributed by atoms with van der Waals surface area (Å²) in [7, 11) is 0. The van der Waals surface area contributed by atoms with E-state index in [1.807, 2.05) is 36.1 Å². The molecule has 5 nitrogen and oxygen atoms in total. The second-order valence-corrected chi connectivity index (χ2v) is 6.00. The van der Waals surface area contributed by atoms with Crippen LogP contribution in [0.25, 0.3) is 0 Å². The molecule has 5 heteroatoms. The highest BCUT2D eigenvalue weighted by Gasteiger charge is 2.24. The molecule has 0 aliphatic carbocycles. The number of likely N-dealkylation sites (tertiary alicyclic amines) is 1. The fourth-order valence-electron chi connectivity index (χ4n) is 2.91. The van der Waals surface area contributed by atoms with Crippen molar-refractivity contribution in [3.8, 4) is 11.6 Å². The van der Waals surface area contributed by atoms with Gasteiger partial charge < -0.3 is 9.64 Å². The third-order valence-corrected chi connectivity index (χ3v) is 4.13. The molecule has 1 amide bonds. The predicted octanol–water partition coefficient (Wildman–Crippen LogP) is 3.30. The predicted molar refractivity (Wildman–Crippen MR) is 87.5 cm³/mol. The van der Waals surface area contributed by atoms with Crippen molar-refractivity contribution in [1.82, 2.24) is 14.9 Å². The van der Waals surface area contributed by atoms with Gasteiger partial charge in [0.05, 0.1) is 11.9 Å². The summed E-state index contributed by atoms with van der Waals surface area (Å²) in [6.07, 6.45) is 5.41. The van der Waals surface area contributed by atoms with Crippen LogP contribution in [0.3, 0.4) is 0 Å². The second-order valence-electron chi connectivity index (χ2n) is 6.00. The largest absolute Gasteiger partial charge is 0.437 e. The van der Waals surface area contributed by atoms with Crippen LogP contribution in [0.1, 0.15) is 36.9 Å². The quantitative estimate of drug-likeness (QED) is 0.872. The van der Waals surface area contributed by atoms with E-state index in [0.717, 1.165) is 36.4 Å². The van der Waals surface area contributed by atoms with Crippen LogP contribution >= 0.6 is 0 Å². The van der Waals surface area contributed by atoms with E-state index < -0.39 is 0 Å². The van der Waals surface area contributed by atoms with Gasteiger partial charge in [-0.25, -0.2) is 4.98 Å². The van der Waals surface area contributed by atoms with Crippen LogP contribution in [0.4, 0.5) is 0 Å². The molecule has 1 saturated heterocycles. The molecule has 2 heterocycles. The highest BCUT2D eigenvalue weighted by molar-refractivity contribution is 5.73. The topological polar surface area (TPSA) is 55.3 Å². The Morgan fingerprint density at radius 3 is 3.00 bits per heavy atom. The van der Waals surface area contributed by atoms with Gasteiger partial charge in [-0.1, -0.05) is 12.1 Å². The minimum Gasteiger partial charge on any atom is -0.437 e. The zero-order valence-corrected chi connectivity index (χ0v) is 13.5. The van der Waals surface area contributed by atoms with Gasteiger partial charge in [-0.3, -0.25) is 9.78 Å². The Kier molecular flexibility index (Phi) is 4.55. The molecule has 0 bridgehead atoms. The van der Waals surface area contributed by atoms with Gasteiger partial charge in [0.1, 0.15) is 5.75 Å². The number of piperidine rings is 1. The Labute approximate surface area is 136 Å². The van der Waals surface area contributed by atoms with Crippen LogP contribution < -0.4 is 4.74 Å². The smallest absolute Gasteiger partial charge is 0.238 e. The summed E-state index contributed by atoms with van der Waals surface area (Å²) < 4.78 is 5.81. The maximum Gasteiger partial charge on any atom is 0.238 e. The maximum atomic E-state index is 11.6. The maximum absolute atomic E-state index is 11.6. The summed E-state index contributed by atoms with van der Waals surface area (Å²) in [4.78, 5) is 22.3. The Balaban J connectivity index is 1.75. The minimum absolute atomic E-state index is 0.120. The first-order valence-electron chi connectivity index (χ1n) is 7.94. The second kappa shape index (κ2) is 6.77. The van der Waals surface area contributed by atoms with Gasteiger partial charge in [0, 0.05) is 32.1 Å². The molecule has 1 aromatic heterocycles. The van der Waals surface area contributed by atoms with Crippen LogP contribution in [-0.2, 0) is 4.79 Å². The van der Waals surface area contributed by atoms with Crippen molar-refractivity contribution in [2.24, 2.45) is 0 Å². The Bertz CT molecular complexity index is 702. The first-order chi connectivity index (χ1) is 11.1. The van der Waals surface area contributed by atoms with E-state index in [9.17, 15) is 4.79 Å². The fraction of sp³-hybridized carbons (Fsp3) is 0.389. The normalized spacial score (nSPS) is 17.8. The van der Waals surface area contributed by atoms with E-state index in [2.05, 4.69) is 9.97 Å². The average molecular weight is 311 g/mol. The SMILES string of the molecule is CC(=O)N1CCCC(c2cncc(Oc3cccc(C)c3)n2)C1. The van der Waals surface area contributed by atoms with Gasteiger partial charge in [0.2, 0.25) is 11.8 Å². The van der Waals surface area contributed by atoms with Crippen LogP contribution in [0.2, 0.25) is 0 Å². The van der Waals surface area contributed by atoms with E-state index in [1.54, 1.807) is 19.3 Å². The Morgan fingerprint density at radius 2 is 2.22 bits per heavy atom. The molecule has 1 fully saturated rings. The number of nitrogens with zero attached hydrogens (tertiary/aromatic N) is 3. The molecule has 120 valence electrons. The zero-order valence-electron chi connectivity index (χ0n) is 13.5. The van der Waals surface area contributed by atoms with E-state index in [-0.39, 0.29) is 11.8 Å². The van der Waals surface area contributed by atoms with Gasteiger partial charge in [-0.05, 0) is 37.5 Å². The van der Waals surface area contributed by atoms with Crippen LogP contribution in [0.5, 0.6) is 11.6 Å². The lowest BCUT2D eigenvalue weighted by atomic mass is 9.95. The van der Waals surface area contributed by atoms with Gasteiger partial charge in [0.25, 0.3) is 0 Å². The van der Waals surface area contributed by atoms with Crippen molar-refractivity contribution in [3.63, 3.8) is 0 Å². The third-order valence-electron chi connectivity index (χ3n) is 4.13. The van der Waals surface area contributed by atoms with Gasteiger partial charge in [-0.2, -0.15) is 0 Å². The summed E-state index contributed by atoms with van der Waals surface area (Å²) in [6.45, 7) is 5.18. The average Bonchev–Trinajstić information content (AvgIpc) is 2.55. The molecule has 2 aromatic rings. The summed E-state index contributed by atoms with van der Waals surface area (Å²) in [5, 5.41) is 0. The third kappa shape index (κ3) is 3.86. The number of amides is 1. The molecular formula is C18H21N3O2. The van der Waals surface area contributed by atoms with Gasteiger partial charge >= 0.3 is 0 Å². The van der Waals surface area contributed by atoms with Crippen LogP contribution in [0, 0.1) is 6.92 Å². The summed E-state index contributed by atoms with van der Waals surface area (Å²) in [5.74, 6) is 1.59. The first-order valence-corrected chi connectivity index (χ1v) is 7.94. The van der Waals surface area contributed by atoms with Gasteiger partial charge in [0.15, 0.2) is 0 Å². The van der Waals surface area contributed by atoms with E-state index in [0.29, 0.717) is 12.4 Å². The first kappa shape index (κ1) is 15.5. The lowest BCUT2D eigenvalue weighted by molar-refractivity contribution is -0.130. The number of hydrogen-bond acceptors (Lipinski definition) is 4. The molecule has 1 unspecified atom stereocenters. The number of benzene rings is 1. The Morgan fingerprint density at radius 1 is 1.35 bits per heavy atom. The van der Waals surface area contributed by atoms with Crippen molar-refractivity contribution in [2.45, 2.75) is 32.6 Å². The van der Waals surface area contributed by atoms with E-state index in [1.165, 1.54) is 0 Å². The monoisotopic (exact) mass is 311 g/mol. The van der Waals surface area contributed by atoms with Crippen molar-refractivity contribution in [2.75, 3.05) is 13.1 Å². The zero-order chi connectivity index (χ0) is 16.2. The molecule has 1 aliphatic rings. The lowest BCUT2D eigenvalue weighted by Crippen LogP contribution is -2.37. The van der Waals surface area contributed by atoms with Crippen LogP contribution in [-0.4, -0.2) is 33.9 Å². The summed E-state index contributed by atoms with van der Waals surface area (Å²) in [6, 6.07) is 7.84. The van der Waals surface area contributed by atoms with E-state index >= 15 is 0 Å². The Hall–Kier alpha value is -2.43. The summed E-state index contributed by atoms with van der Waals surface area (Å²) in [5.41, 5.74) is 2.03. The fourth-order valence-corrected chi connectivity index (χ4v) is 2.91. The number of aromatic nitrogens is 2. The minimum atomic E-state index is 0.120. The lowest BCUT2D eigenvalue weighted by Gasteiger charge is -2.31. The number of aryl methyl sites for hydroxylation is 1. The number of hydrogen-bond donors (Lipinski definition) is 0. The van der Waals surface area contributed by atoms with E-state index in [4.69, 9.17) is 4.74 Å². The molecule has 0 radical (unpaired) electrons. The molecule has 23 heavy (non-hydrogen) atoms. The molecule has 3 rings (SSSR count). The number of carbonyl (C=O) groups is 1. The van der Waals surface area contributed by atoms with Crippen LogP contribution in [0.15, 0.2) is 36.7 Å². The molecular weight excluding hydrogens is 290 g/mol. The molecule has 1 aliphatic heterocycles.